The van der Waals surface area contributed by atoms with E-state index in [1.807, 2.05) is 13.8 Å². The Morgan fingerprint density at radius 1 is 1.57 bits per heavy atom. The summed E-state index contributed by atoms with van der Waals surface area (Å²) in [5, 5.41) is 5.34. The topological polar surface area (TPSA) is 76.0 Å². The zero-order valence-corrected chi connectivity index (χ0v) is 8.85. The highest BCUT2D eigenvalue weighted by molar-refractivity contribution is 7.10. The first-order valence-corrected chi connectivity index (χ1v) is 5.07. The quantitative estimate of drug-likeness (QED) is 0.771. The number of nitrogens with one attached hydrogen (secondary N) is 2. The summed E-state index contributed by atoms with van der Waals surface area (Å²) in [5.41, 5.74) is -0.329. The van der Waals surface area contributed by atoms with Gasteiger partial charge < -0.3 is 5.32 Å². The van der Waals surface area contributed by atoms with Crippen LogP contribution in [0.25, 0.3) is 0 Å². The number of nitrogens with zero attached hydrogens (tertiary/aromatic N) is 2. The van der Waals surface area contributed by atoms with E-state index < -0.39 is 0 Å². The minimum absolute atomic E-state index is 0.322. The van der Waals surface area contributed by atoms with Gasteiger partial charge in [-0.05, 0) is 25.4 Å². The molecule has 0 aliphatic carbocycles. The fourth-order valence-corrected chi connectivity index (χ4v) is 1.57. The molecule has 0 atom stereocenters. The van der Waals surface area contributed by atoms with Crippen LogP contribution in [0.1, 0.15) is 13.8 Å². The Hall–Kier alpha value is -1.37. The minimum atomic E-state index is -0.343. The Kier molecular flexibility index (Phi) is 3.63. The monoisotopic (exact) mass is 216 g/mol. The van der Waals surface area contributed by atoms with Crippen LogP contribution in [0.15, 0.2) is 4.79 Å². The van der Waals surface area contributed by atoms with E-state index in [1.165, 1.54) is 3.96 Å². The number of carbonyl (C=O) groups is 1. The van der Waals surface area contributed by atoms with Crippen molar-refractivity contribution in [2.75, 3.05) is 11.9 Å². The molecule has 0 fully saturated rings. The van der Waals surface area contributed by atoms with E-state index in [1.54, 1.807) is 0 Å². The highest BCUT2D eigenvalue weighted by atomic mass is 32.1. The summed E-state index contributed by atoms with van der Waals surface area (Å²) < 4.78 is 1.46. The van der Waals surface area contributed by atoms with Crippen LogP contribution in [-0.4, -0.2) is 21.5 Å². The van der Waals surface area contributed by atoms with Crippen LogP contribution in [0, 0.1) is 0 Å². The summed E-state index contributed by atoms with van der Waals surface area (Å²) >= 11 is 1.13. The lowest BCUT2D eigenvalue weighted by Gasteiger charge is -2.00. The molecule has 1 aromatic rings. The van der Waals surface area contributed by atoms with Crippen LogP contribution in [0.3, 0.4) is 0 Å². The Morgan fingerprint density at radius 3 is 2.79 bits per heavy atom. The second kappa shape index (κ2) is 4.75. The van der Waals surface area contributed by atoms with Gasteiger partial charge in [0.15, 0.2) is 0 Å². The van der Waals surface area contributed by atoms with Crippen molar-refractivity contribution in [2.24, 2.45) is 0 Å². The molecule has 6 nitrogen and oxygen atoms in total. The number of rotatable bonds is 3. The zero-order chi connectivity index (χ0) is 10.6. The molecule has 0 bridgehead atoms. The lowest BCUT2D eigenvalue weighted by molar-refractivity contribution is 0.252. The maximum atomic E-state index is 11.1. The molecule has 0 aliphatic heterocycles. The van der Waals surface area contributed by atoms with Crippen molar-refractivity contribution in [3.63, 3.8) is 0 Å². The molecule has 0 radical (unpaired) electrons. The van der Waals surface area contributed by atoms with Crippen molar-refractivity contribution in [3.05, 3.63) is 10.5 Å². The summed E-state index contributed by atoms with van der Waals surface area (Å²) in [7, 11) is 0. The van der Waals surface area contributed by atoms with Crippen LogP contribution < -0.4 is 16.3 Å². The average Bonchev–Trinajstić information content (AvgIpc) is 2.46. The standard InChI is InChI=1S/C7H12N4O2S/c1-3-8-5(12)9-6-10-7(13)11(4-2)14-6/h3-4H2,1-2H3,(H2,8,9,10,12,13). The van der Waals surface area contributed by atoms with Crippen molar-refractivity contribution in [2.45, 2.75) is 20.4 Å². The number of aryl methyl sites for hydroxylation is 1. The molecule has 1 heterocycles. The van der Waals surface area contributed by atoms with E-state index in [2.05, 4.69) is 15.6 Å². The fourth-order valence-electron chi connectivity index (χ4n) is 0.859. The minimum Gasteiger partial charge on any atom is -0.338 e. The zero-order valence-electron chi connectivity index (χ0n) is 8.03. The normalized spacial score (nSPS) is 9.86. The third kappa shape index (κ3) is 2.56. The summed E-state index contributed by atoms with van der Waals surface area (Å²) in [6.45, 7) is 4.75. The Balaban J connectivity index is 2.68. The maximum absolute atomic E-state index is 11.1. The summed E-state index contributed by atoms with van der Waals surface area (Å²) in [5.74, 6) is 0. The third-order valence-electron chi connectivity index (χ3n) is 1.45. The van der Waals surface area contributed by atoms with E-state index in [0.29, 0.717) is 18.2 Å². The van der Waals surface area contributed by atoms with Gasteiger partial charge >= 0.3 is 11.7 Å². The number of anilines is 1. The van der Waals surface area contributed by atoms with Gasteiger partial charge in [-0.3, -0.25) is 5.32 Å². The predicted octanol–water partition coefficient (Wildman–Crippen LogP) is 0.466. The molecule has 1 rings (SSSR count). The van der Waals surface area contributed by atoms with Gasteiger partial charge in [0.25, 0.3) is 0 Å². The van der Waals surface area contributed by atoms with E-state index in [0.717, 1.165) is 11.5 Å². The molecule has 2 N–H and O–H groups in total. The molecule has 2 amide bonds. The number of carbonyl (C=O) groups excluding carboxylic acids is 1. The van der Waals surface area contributed by atoms with Gasteiger partial charge in [-0.15, -0.1) is 0 Å². The predicted molar refractivity (Wildman–Crippen MR) is 54.7 cm³/mol. The smallest absolute Gasteiger partial charge is 0.338 e. The molecule has 1 aromatic heterocycles. The van der Waals surface area contributed by atoms with Crippen molar-refractivity contribution in [1.82, 2.24) is 14.3 Å². The third-order valence-corrected chi connectivity index (χ3v) is 2.45. The van der Waals surface area contributed by atoms with Gasteiger partial charge in [0.05, 0.1) is 0 Å². The van der Waals surface area contributed by atoms with Gasteiger partial charge in [0.2, 0.25) is 5.13 Å². The van der Waals surface area contributed by atoms with Gasteiger partial charge in [-0.25, -0.2) is 13.5 Å². The highest BCUT2D eigenvalue weighted by Gasteiger charge is 2.06. The molecule has 14 heavy (non-hydrogen) atoms. The Morgan fingerprint density at radius 2 is 2.29 bits per heavy atom. The van der Waals surface area contributed by atoms with E-state index in [9.17, 15) is 9.59 Å². The lowest BCUT2D eigenvalue weighted by Crippen LogP contribution is -2.28. The first-order chi connectivity index (χ1) is 6.67. The first-order valence-electron chi connectivity index (χ1n) is 4.30. The van der Waals surface area contributed by atoms with Crippen LogP contribution in [0.5, 0.6) is 0 Å². The molecule has 0 saturated heterocycles. The van der Waals surface area contributed by atoms with Gasteiger partial charge in [-0.2, -0.15) is 4.98 Å². The number of aromatic nitrogens is 2. The van der Waals surface area contributed by atoms with Crippen molar-refractivity contribution < 1.29 is 4.79 Å². The molecule has 0 saturated carbocycles. The molecule has 0 unspecified atom stereocenters. The second-order valence-electron chi connectivity index (χ2n) is 2.47. The Labute approximate surface area is 85.1 Å². The van der Waals surface area contributed by atoms with E-state index in [4.69, 9.17) is 0 Å². The molecule has 0 spiro atoms. The number of hydrogen-bond donors (Lipinski definition) is 2. The molecular weight excluding hydrogens is 204 g/mol. The SMILES string of the molecule is CCNC(=O)Nc1nc(=O)n(CC)s1. The lowest BCUT2D eigenvalue weighted by atomic mass is 10.7. The van der Waals surface area contributed by atoms with Crippen LogP contribution >= 0.6 is 11.5 Å². The second-order valence-corrected chi connectivity index (χ2v) is 3.48. The molecular formula is C7H12N4O2S. The van der Waals surface area contributed by atoms with Crippen molar-refractivity contribution in [1.29, 1.82) is 0 Å². The molecule has 0 aromatic carbocycles. The summed E-state index contributed by atoms with van der Waals surface area (Å²) in [6, 6.07) is -0.343. The van der Waals surface area contributed by atoms with Gasteiger partial charge in [-0.1, -0.05) is 0 Å². The van der Waals surface area contributed by atoms with Crippen LogP contribution in [0.4, 0.5) is 9.93 Å². The largest absolute Gasteiger partial charge is 0.359 e. The van der Waals surface area contributed by atoms with Crippen molar-refractivity contribution in [3.8, 4) is 0 Å². The van der Waals surface area contributed by atoms with E-state index in [-0.39, 0.29) is 11.7 Å². The molecule has 0 aliphatic rings. The van der Waals surface area contributed by atoms with Gasteiger partial charge in [0.1, 0.15) is 0 Å². The average molecular weight is 216 g/mol. The molecule has 7 heteroatoms. The molecule has 78 valence electrons. The summed E-state index contributed by atoms with van der Waals surface area (Å²) in [6.07, 6.45) is 0. The van der Waals surface area contributed by atoms with Crippen molar-refractivity contribution >= 4 is 22.7 Å². The van der Waals surface area contributed by atoms with Crippen LogP contribution in [-0.2, 0) is 6.54 Å². The number of amides is 2. The fraction of sp³-hybridized carbons (Fsp3) is 0.571. The maximum Gasteiger partial charge on any atom is 0.359 e. The Bertz CT molecular complexity index is 370. The van der Waals surface area contributed by atoms with Gasteiger partial charge in [0, 0.05) is 13.1 Å². The number of urea groups is 1. The van der Waals surface area contributed by atoms with E-state index >= 15 is 0 Å². The highest BCUT2D eigenvalue weighted by Crippen LogP contribution is 2.07. The van der Waals surface area contributed by atoms with Crippen LogP contribution in [0.2, 0.25) is 0 Å². The first kappa shape index (κ1) is 10.7. The number of hydrogen-bond acceptors (Lipinski definition) is 4. The summed E-state index contributed by atoms with van der Waals surface area (Å²) in [4.78, 5) is 25.8.